The smallest absolute Gasteiger partial charge is 0.261 e. The van der Waals surface area contributed by atoms with Gasteiger partial charge < -0.3 is 15.3 Å². The first-order chi connectivity index (χ1) is 10.5. The number of carbonyl (C=O) groups is 1. The Labute approximate surface area is 133 Å². The third kappa shape index (κ3) is 3.38. The molecule has 0 spiro atoms. The fraction of sp³-hybridized carbons (Fsp3) is 0.125. The summed E-state index contributed by atoms with van der Waals surface area (Å²) in [4.78, 5) is 16.9. The van der Waals surface area contributed by atoms with Crippen LogP contribution in [-0.4, -0.2) is 23.3 Å². The Balaban J connectivity index is 2.34. The van der Waals surface area contributed by atoms with E-state index in [1.165, 1.54) is 6.08 Å². The minimum atomic E-state index is -0.445. The van der Waals surface area contributed by atoms with E-state index < -0.39 is 5.91 Å². The molecule has 0 aromatic heterocycles. The topological polar surface area (TPSA) is 70.9 Å². The van der Waals surface area contributed by atoms with Gasteiger partial charge in [0.2, 0.25) is 0 Å². The molecule has 0 bridgehead atoms. The SMILES string of the molecule is C=CCO/N=C(\C)C1=C(O)/C(=C/c2ccccc2Cl)NC1=O. The lowest BCUT2D eigenvalue weighted by Gasteiger charge is -2.01. The average Bonchev–Trinajstić information content (AvgIpc) is 2.76. The fourth-order valence-corrected chi connectivity index (χ4v) is 2.10. The summed E-state index contributed by atoms with van der Waals surface area (Å²) in [7, 11) is 0. The maximum Gasteiger partial charge on any atom is 0.261 e. The van der Waals surface area contributed by atoms with Crippen molar-refractivity contribution in [1.82, 2.24) is 5.32 Å². The standard InChI is InChI=1S/C16H15ClN2O3/c1-3-8-22-19-10(2)14-15(20)13(18-16(14)21)9-11-6-4-5-7-12(11)17/h3-7,9,20H,1,8H2,2H3,(H,18,21)/b13-9-,19-10+. The normalized spacial score (nSPS) is 16.9. The minimum absolute atomic E-state index is 0.0716. The predicted octanol–water partition coefficient (Wildman–Crippen LogP) is 3.20. The van der Waals surface area contributed by atoms with Gasteiger partial charge >= 0.3 is 0 Å². The van der Waals surface area contributed by atoms with Crippen LogP contribution in [0.15, 0.2) is 59.1 Å². The number of halogens is 1. The summed E-state index contributed by atoms with van der Waals surface area (Å²) in [6.45, 7) is 5.29. The Morgan fingerprint density at radius 1 is 1.50 bits per heavy atom. The zero-order valence-electron chi connectivity index (χ0n) is 12.0. The van der Waals surface area contributed by atoms with Gasteiger partial charge in [0.15, 0.2) is 5.76 Å². The molecule has 1 aliphatic rings. The number of amides is 1. The van der Waals surface area contributed by atoms with Crippen LogP contribution in [0.5, 0.6) is 0 Å². The molecule has 5 nitrogen and oxygen atoms in total. The van der Waals surface area contributed by atoms with Crippen molar-refractivity contribution in [2.24, 2.45) is 5.16 Å². The third-order valence-electron chi connectivity index (χ3n) is 2.93. The summed E-state index contributed by atoms with van der Waals surface area (Å²) in [5.41, 5.74) is 1.30. The molecule has 2 rings (SSSR count). The molecular formula is C16H15ClN2O3. The van der Waals surface area contributed by atoms with Crippen LogP contribution in [0.25, 0.3) is 6.08 Å². The monoisotopic (exact) mass is 318 g/mol. The maximum absolute atomic E-state index is 12.0. The Morgan fingerprint density at radius 2 is 2.23 bits per heavy atom. The molecule has 6 heteroatoms. The van der Waals surface area contributed by atoms with E-state index in [1.54, 1.807) is 31.2 Å². The summed E-state index contributed by atoms with van der Waals surface area (Å²) in [6.07, 6.45) is 3.13. The maximum atomic E-state index is 12.0. The molecule has 0 saturated carbocycles. The highest BCUT2D eigenvalue weighted by atomic mass is 35.5. The Hall–Kier alpha value is -2.53. The first kappa shape index (κ1) is 15.9. The van der Waals surface area contributed by atoms with Gasteiger partial charge in [0.25, 0.3) is 5.91 Å². The first-order valence-corrected chi connectivity index (χ1v) is 6.91. The number of rotatable bonds is 5. The van der Waals surface area contributed by atoms with Crippen molar-refractivity contribution in [2.75, 3.05) is 6.61 Å². The number of aliphatic hydroxyl groups excluding tert-OH is 1. The summed E-state index contributed by atoms with van der Waals surface area (Å²) >= 11 is 6.06. The van der Waals surface area contributed by atoms with Gasteiger partial charge in [0.05, 0.1) is 11.4 Å². The van der Waals surface area contributed by atoms with E-state index in [0.29, 0.717) is 10.6 Å². The van der Waals surface area contributed by atoms with E-state index in [0.717, 1.165) is 0 Å². The molecule has 0 fully saturated rings. The molecular weight excluding hydrogens is 304 g/mol. The van der Waals surface area contributed by atoms with Crippen molar-refractivity contribution < 1.29 is 14.7 Å². The predicted molar refractivity (Wildman–Crippen MR) is 86.5 cm³/mol. The number of aliphatic hydroxyl groups is 1. The van der Waals surface area contributed by atoms with Crippen LogP contribution in [0.4, 0.5) is 0 Å². The van der Waals surface area contributed by atoms with Crippen LogP contribution in [0.3, 0.4) is 0 Å². The van der Waals surface area contributed by atoms with E-state index in [-0.39, 0.29) is 29.3 Å². The molecule has 1 heterocycles. The largest absolute Gasteiger partial charge is 0.505 e. The summed E-state index contributed by atoms with van der Waals surface area (Å²) in [5, 5.41) is 17.1. The van der Waals surface area contributed by atoms with Crippen LogP contribution in [0.2, 0.25) is 5.02 Å². The fourth-order valence-electron chi connectivity index (χ4n) is 1.91. The molecule has 0 aliphatic carbocycles. The minimum Gasteiger partial charge on any atom is -0.505 e. The molecule has 1 aromatic rings. The highest BCUT2D eigenvalue weighted by Crippen LogP contribution is 2.24. The van der Waals surface area contributed by atoms with Crippen molar-refractivity contribution in [3.8, 4) is 0 Å². The zero-order chi connectivity index (χ0) is 16.1. The van der Waals surface area contributed by atoms with Gasteiger partial charge in [0, 0.05) is 5.02 Å². The lowest BCUT2D eigenvalue weighted by molar-refractivity contribution is -0.115. The van der Waals surface area contributed by atoms with Crippen molar-refractivity contribution in [3.63, 3.8) is 0 Å². The highest BCUT2D eigenvalue weighted by Gasteiger charge is 2.29. The van der Waals surface area contributed by atoms with E-state index in [1.807, 2.05) is 6.07 Å². The van der Waals surface area contributed by atoms with Crippen LogP contribution in [-0.2, 0) is 9.63 Å². The number of nitrogens with zero attached hydrogens (tertiary/aromatic N) is 1. The van der Waals surface area contributed by atoms with Crippen molar-refractivity contribution >= 4 is 29.3 Å². The van der Waals surface area contributed by atoms with E-state index in [2.05, 4.69) is 17.1 Å². The van der Waals surface area contributed by atoms with Crippen molar-refractivity contribution in [3.05, 3.63) is 64.5 Å². The second-order valence-electron chi connectivity index (χ2n) is 4.52. The molecule has 2 N–H and O–H groups in total. The average molecular weight is 319 g/mol. The summed E-state index contributed by atoms with van der Waals surface area (Å²) < 4.78 is 0. The molecule has 114 valence electrons. The molecule has 0 radical (unpaired) electrons. The third-order valence-corrected chi connectivity index (χ3v) is 3.27. The van der Waals surface area contributed by atoms with E-state index in [9.17, 15) is 9.90 Å². The van der Waals surface area contributed by atoms with Crippen LogP contribution < -0.4 is 5.32 Å². The lowest BCUT2D eigenvalue weighted by Crippen LogP contribution is -2.19. The van der Waals surface area contributed by atoms with Gasteiger partial charge in [-0.2, -0.15) is 0 Å². The molecule has 22 heavy (non-hydrogen) atoms. The molecule has 0 atom stereocenters. The molecule has 0 saturated heterocycles. The molecule has 0 unspecified atom stereocenters. The van der Waals surface area contributed by atoms with Gasteiger partial charge in [-0.3, -0.25) is 4.79 Å². The second kappa shape index (κ2) is 6.95. The number of hydrogen-bond acceptors (Lipinski definition) is 4. The molecule has 1 aliphatic heterocycles. The Bertz CT molecular complexity index is 705. The lowest BCUT2D eigenvalue weighted by atomic mass is 10.1. The first-order valence-electron chi connectivity index (χ1n) is 6.53. The molecule has 1 aromatic carbocycles. The van der Waals surface area contributed by atoms with E-state index in [4.69, 9.17) is 16.4 Å². The molecule has 1 amide bonds. The van der Waals surface area contributed by atoms with Crippen LogP contribution in [0, 0.1) is 0 Å². The Morgan fingerprint density at radius 3 is 2.91 bits per heavy atom. The zero-order valence-corrected chi connectivity index (χ0v) is 12.7. The van der Waals surface area contributed by atoms with Crippen molar-refractivity contribution in [2.45, 2.75) is 6.92 Å². The highest BCUT2D eigenvalue weighted by molar-refractivity contribution is 6.32. The number of carbonyl (C=O) groups excluding carboxylic acids is 1. The number of oxime groups is 1. The van der Waals surface area contributed by atoms with Gasteiger partial charge in [-0.15, -0.1) is 0 Å². The summed E-state index contributed by atoms with van der Waals surface area (Å²) in [5.74, 6) is -0.632. The van der Waals surface area contributed by atoms with Gasteiger partial charge in [0.1, 0.15) is 12.2 Å². The van der Waals surface area contributed by atoms with Gasteiger partial charge in [-0.1, -0.05) is 47.6 Å². The quantitative estimate of drug-likeness (QED) is 0.379. The number of nitrogens with one attached hydrogen (secondary N) is 1. The van der Waals surface area contributed by atoms with E-state index >= 15 is 0 Å². The Kier molecular flexibility index (Phi) is 5.01. The van der Waals surface area contributed by atoms with Gasteiger partial charge in [-0.05, 0) is 24.6 Å². The van der Waals surface area contributed by atoms with Crippen LogP contribution in [0.1, 0.15) is 12.5 Å². The second-order valence-corrected chi connectivity index (χ2v) is 4.93. The van der Waals surface area contributed by atoms with Crippen molar-refractivity contribution in [1.29, 1.82) is 0 Å². The summed E-state index contributed by atoms with van der Waals surface area (Å²) in [6, 6.07) is 7.11. The van der Waals surface area contributed by atoms with Gasteiger partial charge in [-0.25, -0.2) is 0 Å². The number of hydrogen-bond donors (Lipinski definition) is 2. The number of benzene rings is 1. The van der Waals surface area contributed by atoms with Crippen LogP contribution >= 0.6 is 11.6 Å².